The predicted octanol–water partition coefficient (Wildman–Crippen LogP) is 1.80. The Morgan fingerprint density at radius 1 is 1.82 bits per heavy atom. The molecule has 0 spiro atoms. The topological polar surface area (TPSA) is 32.3 Å². The Kier molecular flexibility index (Phi) is 2.63. The summed E-state index contributed by atoms with van der Waals surface area (Å²) in [7, 11) is 0. The van der Waals surface area contributed by atoms with E-state index in [1.54, 1.807) is 0 Å². The van der Waals surface area contributed by atoms with Crippen molar-refractivity contribution in [3.63, 3.8) is 0 Å². The molecule has 1 rings (SSSR count). The summed E-state index contributed by atoms with van der Waals surface area (Å²) in [6, 6.07) is 0.0677. The first-order valence-electron chi connectivity index (χ1n) is 3.68. The third-order valence-corrected chi connectivity index (χ3v) is 1.76. The van der Waals surface area contributed by atoms with Crippen LogP contribution in [-0.2, 0) is 0 Å². The van der Waals surface area contributed by atoms with Crippen molar-refractivity contribution >= 4 is 0 Å². The summed E-state index contributed by atoms with van der Waals surface area (Å²) in [5.41, 5.74) is 4.43. The van der Waals surface area contributed by atoms with E-state index in [1.807, 2.05) is 19.1 Å². The van der Waals surface area contributed by atoms with Gasteiger partial charge in [0.1, 0.15) is 0 Å². The SMILES string of the molecule is C=C(C)C1=CCC(NO)C=C1. The van der Waals surface area contributed by atoms with Crippen molar-refractivity contribution < 1.29 is 5.21 Å². The van der Waals surface area contributed by atoms with Gasteiger partial charge in [0, 0.05) is 0 Å². The second-order valence-electron chi connectivity index (χ2n) is 2.77. The largest absolute Gasteiger partial charge is 0.316 e. The molecule has 2 heteroatoms. The highest BCUT2D eigenvalue weighted by Crippen LogP contribution is 2.15. The van der Waals surface area contributed by atoms with Crippen molar-refractivity contribution in [2.24, 2.45) is 0 Å². The summed E-state index contributed by atoms with van der Waals surface area (Å²) < 4.78 is 0. The highest BCUT2D eigenvalue weighted by atomic mass is 16.5. The minimum atomic E-state index is 0.0677. The number of rotatable bonds is 2. The van der Waals surface area contributed by atoms with Crippen molar-refractivity contribution in [3.8, 4) is 0 Å². The van der Waals surface area contributed by atoms with Gasteiger partial charge in [0.2, 0.25) is 0 Å². The first kappa shape index (κ1) is 8.24. The zero-order chi connectivity index (χ0) is 8.27. The van der Waals surface area contributed by atoms with Gasteiger partial charge in [0.25, 0.3) is 0 Å². The van der Waals surface area contributed by atoms with Gasteiger partial charge in [0.05, 0.1) is 6.04 Å². The van der Waals surface area contributed by atoms with Gasteiger partial charge in [-0.2, -0.15) is 5.48 Å². The molecule has 2 N–H and O–H groups in total. The third kappa shape index (κ3) is 2.03. The minimum absolute atomic E-state index is 0.0677. The van der Waals surface area contributed by atoms with Crippen molar-refractivity contribution in [1.29, 1.82) is 0 Å². The Balaban J connectivity index is 2.60. The van der Waals surface area contributed by atoms with Crippen LogP contribution in [0.25, 0.3) is 0 Å². The van der Waals surface area contributed by atoms with Crippen LogP contribution >= 0.6 is 0 Å². The van der Waals surface area contributed by atoms with Gasteiger partial charge < -0.3 is 5.21 Å². The molecule has 0 aliphatic heterocycles. The van der Waals surface area contributed by atoms with Gasteiger partial charge in [0.15, 0.2) is 0 Å². The van der Waals surface area contributed by atoms with E-state index < -0.39 is 0 Å². The normalized spacial score (nSPS) is 23.1. The molecule has 0 saturated heterocycles. The van der Waals surface area contributed by atoms with Crippen LogP contribution in [-0.4, -0.2) is 11.2 Å². The van der Waals surface area contributed by atoms with E-state index in [1.165, 1.54) is 0 Å². The van der Waals surface area contributed by atoms with Crippen LogP contribution in [0.4, 0.5) is 0 Å². The van der Waals surface area contributed by atoms with E-state index in [9.17, 15) is 0 Å². The van der Waals surface area contributed by atoms with E-state index in [-0.39, 0.29) is 6.04 Å². The summed E-state index contributed by atoms with van der Waals surface area (Å²) >= 11 is 0. The van der Waals surface area contributed by atoms with Gasteiger partial charge in [-0.25, -0.2) is 0 Å². The van der Waals surface area contributed by atoms with Crippen LogP contribution in [0, 0.1) is 0 Å². The maximum Gasteiger partial charge on any atom is 0.0537 e. The second-order valence-corrected chi connectivity index (χ2v) is 2.77. The standard InChI is InChI=1S/C9H13NO/c1-7(2)8-3-5-9(10-11)6-4-8/h3-5,9-11H,1,6H2,2H3. The molecule has 1 unspecified atom stereocenters. The fourth-order valence-corrected chi connectivity index (χ4v) is 1.03. The molecule has 1 atom stereocenters. The molecule has 11 heavy (non-hydrogen) atoms. The van der Waals surface area contributed by atoms with Crippen LogP contribution in [0.15, 0.2) is 36.0 Å². The minimum Gasteiger partial charge on any atom is -0.316 e. The zero-order valence-electron chi connectivity index (χ0n) is 6.67. The van der Waals surface area contributed by atoms with E-state index in [0.29, 0.717) is 0 Å². The van der Waals surface area contributed by atoms with Gasteiger partial charge in [-0.05, 0) is 18.9 Å². The summed E-state index contributed by atoms with van der Waals surface area (Å²) in [5, 5.41) is 8.56. The molecule has 0 fully saturated rings. The molecule has 2 nitrogen and oxygen atoms in total. The Morgan fingerprint density at radius 3 is 2.91 bits per heavy atom. The number of hydrogen-bond acceptors (Lipinski definition) is 2. The van der Waals surface area contributed by atoms with Crippen molar-refractivity contribution in [2.75, 3.05) is 0 Å². The van der Waals surface area contributed by atoms with Crippen LogP contribution in [0.2, 0.25) is 0 Å². The predicted molar refractivity (Wildman–Crippen MR) is 45.4 cm³/mol. The molecule has 0 amide bonds. The quantitative estimate of drug-likeness (QED) is 0.590. The summed E-state index contributed by atoms with van der Waals surface area (Å²) in [4.78, 5) is 0. The Morgan fingerprint density at radius 2 is 2.55 bits per heavy atom. The van der Waals surface area contributed by atoms with Crippen LogP contribution in [0.3, 0.4) is 0 Å². The van der Waals surface area contributed by atoms with Crippen molar-refractivity contribution in [3.05, 3.63) is 36.0 Å². The van der Waals surface area contributed by atoms with Crippen LogP contribution < -0.4 is 5.48 Å². The molecule has 1 aliphatic rings. The lowest BCUT2D eigenvalue weighted by Crippen LogP contribution is -2.23. The molecule has 0 heterocycles. The highest BCUT2D eigenvalue weighted by Gasteiger charge is 2.06. The second kappa shape index (κ2) is 3.51. The first-order valence-corrected chi connectivity index (χ1v) is 3.68. The average Bonchev–Trinajstić information content (AvgIpc) is 2.05. The number of allylic oxidation sites excluding steroid dienone is 3. The summed E-state index contributed by atoms with van der Waals surface area (Å²) in [6.45, 7) is 5.80. The fraction of sp³-hybridized carbons (Fsp3) is 0.333. The van der Waals surface area contributed by atoms with Gasteiger partial charge in [-0.15, -0.1) is 0 Å². The van der Waals surface area contributed by atoms with E-state index >= 15 is 0 Å². The Bertz CT molecular complexity index is 216. The fourth-order valence-electron chi connectivity index (χ4n) is 1.03. The van der Waals surface area contributed by atoms with E-state index in [4.69, 9.17) is 5.21 Å². The highest BCUT2D eigenvalue weighted by molar-refractivity contribution is 5.39. The Labute approximate surface area is 66.9 Å². The van der Waals surface area contributed by atoms with Crippen LogP contribution in [0.5, 0.6) is 0 Å². The number of hydrogen-bond donors (Lipinski definition) is 2. The molecular weight excluding hydrogens is 138 g/mol. The Hall–Kier alpha value is -0.860. The summed E-state index contributed by atoms with van der Waals surface area (Å²) in [6.07, 6.45) is 6.80. The molecule has 1 aliphatic carbocycles. The molecule has 0 aromatic heterocycles. The monoisotopic (exact) mass is 151 g/mol. The molecule has 0 bridgehead atoms. The number of nitrogens with one attached hydrogen (secondary N) is 1. The molecule has 0 radical (unpaired) electrons. The average molecular weight is 151 g/mol. The van der Waals surface area contributed by atoms with Crippen molar-refractivity contribution in [2.45, 2.75) is 19.4 Å². The van der Waals surface area contributed by atoms with Crippen molar-refractivity contribution in [1.82, 2.24) is 5.48 Å². The van der Waals surface area contributed by atoms with Gasteiger partial charge >= 0.3 is 0 Å². The molecular formula is C9H13NO. The van der Waals surface area contributed by atoms with E-state index in [2.05, 4.69) is 18.1 Å². The lowest BCUT2D eigenvalue weighted by molar-refractivity contribution is 0.143. The summed E-state index contributed by atoms with van der Waals surface area (Å²) in [5.74, 6) is 0. The van der Waals surface area contributed by atoms with Gasteiger partial charge in [-0.3, -0.25) is 0 Å². The molecule has 0 saturated carbocycles. The first-order chi connectivity index (χ1) is 5.24. The molecule has 0 aromatic rings. The maximum atomic E-state index is 8.56. The molecule has 0 aromatic carbocycles. The van der Waals surface area contributed by atoms with Gasteiger partial charge in [-0.1, -0.05) is 30.4 Å². The lowest BCUT2D eigenvalue weighted by atomic mass is 9.99. The smallest absolute Gasteiger partial charge is 0.0537 e. The number of hydroxylamine groups is 1. The maximum absolute atomic E-state index is 8.56. The van der Waals surface area contributed by atoms with Crippen LogP contribution in [0.1, 0.15) is 13.3 Å². The lowest BCUT2D eigenvalue weighted by Gasteiger charge is -2.13. The zero-order valence-corrected chi connectivity index (χ0v) is 6.67. The van der Waals surface area contributed by atoms with E-state index in [0.717, 1.165) is 17.6 Å². The third-order valence-electron chi connectivity index (χ3n) is 1.76. The molecule has 60 valence electrons.